The minimum absolute atomic E-state index is 0.197. The summed E-state index contributed by atoms with van der Waals surface area (Å²) in [4.78, 5) is 18.8. The summed E-state index contributed by atoms with van der Waals surface area (Å²) in [6.45, 7) is 6.19. The lowest BCUT2D eigenvalue weighted by Crippen LogP contribution is -2.28. The minimum Gasteiger partial charge on any atom is -0.333 e. The molecule has 4 atom stereocenters. The fourth-order valence-corrected chi connectivity index (χ4v) is 5.98. The predicted octanol–water partition coefficient (Wildman–Crippen LogP) is 1.11. The highest BCUT2D eigenvalue weighted by Gasteiger charge is 2.36. The van der Waals surface area contributed by atoms with Crippen LogP contribution in [0, 0.1) is 0 Å². The van der Waals surface area contributed by atoms with Gasteiger partial charge in [0.25, 0.3) is 15.0 Å². The molecule has 0 aromatic rings. The van der Waals surface area contributed by atoms with Gasteiger partial charge in [-0.1, -0.05) is 0 Å². The van der Waals surface area contributed by atoms with E-state index in [0.29, 0.717) is 0 Å². The highest BCUT2D eigenvalue weighted by Crippen LogP contribution is 2.49. The molecule has 0 amide bonds. The lowest BCUT2D eigenvalue weighted by atomic mass is 10.1. The fraction of sp³-hybridized carbons (Fsp3) is 1.00. The van der Waals surface area contributed by atoms with Crippen LogP contribution in [0.1, 0.15) is 40.5 Å². The summed E-state index contributed by atoms with van der Waals surface area (Å²) in [7, 11) is -10.1. The molecule has 0 saturated heterocycles. The quantitative estimate of drug-likeness (QED) is 0.359. The van der Waals surface area contributed by atoms with E-state index >= 15 is 0 Å². The van der Waals surface area contributed by atoms with Gasteiger partial charge in [-0.05, 0) is 40.5 Å². The van der Waals surface area contributed by atoms with Crippen LogP contribution in [0.2, 0.25) is 0 Å². The van der Waals surface area contributed by atoms with Crippen LogP contribution in [-0.4, -0.2) is 51.5 Å². The van der Waals surface area contributed by atoms with E-state index in [1.165, 1.54) is 0 Å². The molecule has 0 aromatic carbocycles. The van der Waals surface area contributed by atoms with Crippen molar-refractivity contribution in [3.63, 3.8) is 0 Å². The van der Waals surface area contributed by atoms with Crippen LogP contribution >= 0.6 is 15.0 Å². The Balaban J connectivity index is 4.28. The first-order valence-electron chi connectivity index (χ1n) is 7.42. The molecule has 0 heterocycles. The van der Waals surface area contributed by atoms with Crippen molar-refractivity contribution in [3.05, 3.63) is 0 Å². The molecule has 0 saturated carbocycles. The van der Waals surface area contributed by atoms with Gasteiger partial charge in [0.15, 0.2) is 0 Å². The van der Waals surface area contributed by atoms with Gasteiger partial charge in [-0.25, -0.2) is 0 Å². The standard InChI is InChI=1S/C12H30N2O6P2S2/c1-11(2,21(13,15)16)5-7-23(19)9-10-24(20)8-6-12(3,4)22(14,17)18/h5-10H2,1-4H3,(H3,13,15,16)(H3,14,17,18). The second kappa shape index (κ2) is 9.00. The Morgan fingerprint density at radius 2 is 1.00 bits per heavy atom. The number of rotatable bonds is 11. The lowest BCUT2D eigenvalue weighted by Gasteiger charge is -2.27. The Bertz CT molecular complexity index is 520. The van der Waals surface area contributed by atoms with Crippen LogP contribution in [0.4, 0.5) is 0 Å². The Labute approximate surface area is 149 Å². The molecule has 0 fully saturated rings. The SMILES string of the molecule is CC(C)(CCS(=O)CCS(=O)CCC(C)(C)P(N)(=O)O)P(N)(=O)O. The molecule has 0 aliphatic heterocycles. The summed E-state index contributed by atoms with van der Waals surface area (Å²) in [5.41, 5.74) is 10.5. The van der Waals surface area contributed by atoms with Crippen molar-refractivity contribution in [2.75, 3.05) is 23.0 Å². The van der Waals surface area contributed by atoms with E-state index in [4.69, 9.17) is 11.0 Å². The topological polar surface area (TPSA) is 161 Å². The third kappa shape index (κ3) is 8.32. The molecular formula is C12H30N2O6P2S2. The molecule has 0 aliphatic rings. The molecule has 0 spiro atoms. The molecule has 24 heavy (non-hydrogen) atoms. The Hall–Kier alpha value is 0.600. The zero-order valence-corrected chi connectivity index (χ0v) is 18.1. The Morgan fingerprint density at radius 3 is 1.21 bits per heavy atom. The van der Waals surface area contributed by atoms with Gasteiger partial charge in [0.1, 0.15) is 0 Å². The monoisotopic (exact) mass is 424 g/mol. The highest BCUT2D eigenvalue weighted by atomic mass is 32.2. The summed E-state index contributed by atoms with van der Waals surface area (Å²) in [6, 6.07) is 0. The summed E-state index contributed by atoms with van der Waals surface area (Å²) < 4.78 is 46.9. The molecule has 12 heteroatoms. The minimum atomic E-state index is -3.76. The number of hydrogen-bond donors (Lipinski definition) is 4. The first-order chi connectivity index (χ1) is 10.5. The van der Waals surface area contributed by atoms with Gasteiger partial charge < -0.3 is 9.79 Å². The van der Waals surface area contributed by atoms with Crippen LogP contribution in [-0.2, 0) is 30.7 Å². The molecule has 8 nitrogen and oxygen atoms in total. The van der Waals surface area contributed by atoms with Crippen molar-refractivity contribution < 1.29 is 27.3 Å². The summed E-state index contributed by atoms with van der Waals surface area (Å²) in [6.07, 6.45) is 0.453. The van der Waals surface area contributed by atoms with Crippen molar-refractivity contribution in [3.8, 4) is 0 Å². The number of nitrogens with two attached hydrogens (primary N) is 2. The first-order valence-corrected chi connectivity index (χ1v) is 13.9. The van der Waals surface area contributed by atoms with Crippen molar-refractivity contribution in [2.45, 2.75) is 50.8 Å². The molecule has 0 bridgehead atoms. The van der Waals surface area contributed by atoms with Gasteiger partial charge in [-0.15, -0.1) is 0 Å². The maximum absolute atomic E-state index is 11.9. The maximum atomic E-state index is 11.9. The van der Waals surface area contributed by atoms with E-state index in [1.807, 2.05) is 0 Å². The molecule has 0 rings (SSSR count). The van der Waals surface area contributed by atoms with Crippen LogP contribution in [0.5, 0.6) is 0 Å². The Kier molecular flexibility index (Phi) is 9.22. The summed E-state index contributed by atoms with van der Waals surface area (Å²) in [5.74, 6) is 0.795. The van der Waals surface area contributed by atoms with E-state index in [9.17, 15) is 27.3 Å². The van der Waals surface area contributed by atoms with Crippen molar-refractivity contribution in [2.24, 2.45) is 11.0 Å². The summed E-state index contributed by atoms with van der Waals surface area (Å²) >= 11 is 0. The second-order valence-corrected chi connectivity index (χ2v) is 15.4. The lowest BCUT2D eigenvalue weighted by molar-refractivity contribution is 0.433. The fourth-order valence-electron chi connectivity index (χ4n) is 1.44. The van der Waals surface area contributed by atoms with E-state index in [1.54, 1.807) is 27.7 Å². The van der Waals surface area contributed by atoms with Gasteiger partial charge in [-0.3, -0.25) is 28.6 Å². The van der Waals surface area contributed by atoms with E-state index in [-0.39, 0.29) is 35.9 Å². The average molecular weight is 424 g/mol. The zero-order valence-electron chi connectivity index (χ0n) is 14.6. The van der Waals surface area contributed by atoms with Gasteiger partial charge in [0.05, 0.1) is 10.3 Å². The largest absolute Gasteiger partial charge is 0.333 e. The van der Waals surface area contributed by atoms with Crippen molar-refractivity contribution in [1.29, 1.82) is 0 Å². The summed E-state index contributed by atoms with van der Waals surface area (Å²) in [5, 5.41) is -2.04. The molecule has 4 unspecified atom stereocenters. The molecule has 146 valence electrons. The van der Waals surface area contributed by atoms with Crippen LogP contribution in [0.15, 0.2) is 0 Å². The Morgan fingerprint density at radius 1 is 0.750 bits per heavy atom. The molecular weight excluding hydrogens is 394 g/mol. The second-order valence-electron chi connectivity index (χ2n) is 7.07. The van der Waals surface area contributed by atoms with E-state index in [0.717, 1.165) is 0 Å². The zero-order chi connectivity index (χ0) is 19.4. The molecule has 0 radical (unpaired) electrons. The molecule has 6 N–H and O–H groups in total. The molecule has 0 aliphatic carbocycles. The predicted molar refractivity (Wildman–Crippen MR) is 101 cm³/mol. The van der Waals surface area contributed by atoms with Gasteiger partial charge >= 0.3 is 0 Å². The van der Waals surface area contributed by atoms with Crippen LogP contribution in [0.3, 0.4) is 0 Å². The highest BCUT2D eigenvalue weighted by molar-refractivity contribution is 7.88. The smallest absolute Gasteiger partial charge is 0.270 e. The van der Waals surface area contributed by atoms with Crippen LogP contribution in [0.25, 0.3) is 0 Å². The van der Waals surface area contributed by atoms with Gasteiger partial charge in [0, 0.05) is 44.6 Å². The average Bonchev–Trinajstić information content (AvgIpc) is 2.38. The van der Waals surface area contributed by atoms with E-state index < -0.39 is 47.0 Å². The van der Waals surface area contributed by atoms with E-state index in [2.05, 4.69) is 0 Å². The van der Waals surface area contributed by atoms with Gasteiger partial charge in [-0.2, -0.15) is 0 Å². The maximum Gasteiger partial charge on any atom is 0.270 e. The third-order valence-corrected chi connectivity index (χ3v) is 11.0. The normalized spacial score (nSPS) is 20.8. The molecule has 0 aromatic heterocycles. The third-order valence-electron chi connectivity index (χ3n) is 4.16. The van der Waals surface area contributed by atoms with Crippen molar-refractivity contribution >= 4 is 36.6 Å². The first kappa shape index (κ1) is 24.6. The van der Waals surface area contributed by atoms with Crippen LogP contribution < -0.4 is 11.0 Å². The van der Waals surface area contributed by atoms with Gasteiger partial charge in [0.2, 0.25) is 0 Å². The number of hydrogen-bond acceptors (Lipinski definition) is 4. The van der Waals surface area contributed by atoms with Crippen molar-refractivity contribution in [1.82, 2.24) is 0 Å².